The Balaban J connectivity index is 2.43. The number of halogens is 3. The van der Waals surface area contributed by atoms with E-state index in [0.717, 1.165) is 18.5 Å². The van der Waals surface area contributed by atoms with Gasteiger partial charge in [0, 0.05) is 7.14 Å². The zero-order valence-electron chi connectivity index (χ0n) is 9.11. The van der Waals surface area contributed by atoms with Crippen LogP contribution in [0.1, 0.15) is 0 Å². The van der Waals surface area contributed by atoms with Crippen molar-refractivity contribution in [2.75, 3.05) is 4.90 Å². The average molecular weight is 483 g/mol. The Morgan fingerprint density at radius 2 is 1.17 bits per heavy atom. The topological polar surface area (TPSA) is 20.3 Å². The van der Waals surface area contributed by atoms with E-state index in [2.05, 4.69) is 45.2 Å². The number of anilines is 2. The van der Waals surface area contributed by atoms with Crippen molar-refractivity contribution < 1.29 is 4.79 Å². The van der Waals surface area contributed by atoms with Crippen molar-refractivity contribution in [1.82, 2.24) is 0 Å². The van der Waals surface area contributed by atoms with Crippen LogP contribution in [0.25, 0.3) is 0 Å². The summed E-state index contributed by atoms with van der Waals surface area (Å²) >= 11 is 10.1. The normalized spacial score (nSPS) is 10.2. The van der Waals surface area contributed by atoms with Gasteiger partial charge < -0.3 is 0 Å². The Morgan fingerprint density at radius 1 is 0.833 bits per heavy atom. The Labute approximate surface area is 138 Å². The van der Waals surface area contributed by atoms with Crippen LogP contribution in [0.4, 0.5) is 16.2 Å². The fraction of sp³-hybridized carbons (Fsp3) is 0. The highest BCUT2D eigenvalue weighted by atomic mass is 127. The van der Waals surface area contributed by atoms with Crippen molar-refractivity contribution in [3.63, 3.8) is 0 Å². The fourth-order valence-corrected chi connectivity index (χ4v) is 2.45. The van der Waals surface area contributed by atoms with E-state index in [0.29, 0.717) is 0 Å². The number of rotatable bonds is 2. The second kappa shape index (κ2) is 6.21. The van der Waals surface area contributed by atoms with Crippen molar-refractivity contribution in [3.05, 3.63) is 55.7 Å². The number of hydrogen-bond acceptors (Lipinski definition) is 1. The first-order valence-electron chi connectivity index (χ1n) is 5.08. The second-order valence-electron chi connectivity index (χ2n) is 3.54. The van der Waals surface area contributed by atoms with Crippen molar-refractivity contribution in [2.45, 2.75) is 0 Å². The lowest BCUT2D eigenvalue weighted by Crippen LogP contribution is -2.19. The van der Waals surface area contributed by atoms with Gasteiger partial charge in [-0.05, 0) is 105 Å². The van der Waals surface area contributed by atoms with Crippen LogP contribution in [-0.4, -0.2) is 5.37 Å². The van der Waals surface area contributed by atoms with Crippen LogP contribution in [0.2, 0.25) is 0 Å². The van der Waals surface area contributed by atoms with E-state index in [9.17, 15) is 4.79 Å². The molecule has 0 fully saturated rings. The molecule has 2 aromatic carbocycles. The van der Waals surface area contributed by atoms with Gasteiger partial charge in [0.05, 0.1) is 11.4 Å². The molecule has 0 aliphatic heterocycles. The van der Waals surface area contributed by atoms with Gasteiger partial charge in [-0.3, -0.25) is 9.69 Å². The van der Waals surface area contributed by atoms with E-state index < -0.39 is 5.37 Å². The number of amides is 1. The van der Waals surface area contributed by atoms with Crippen molar-refractivity contribution >= 4 is 73.5 Å². The first-order valence-corrected chi connectivity index (χ1v) is 7.62. The van der Waals surface area contributed by atoms with E-state index in [1.165, 1.54) is 4.90 Å². The number of benzene rings is 2. The Morgan fingerprint density at radius 3 is 1.44 bits per heavy atom. The summed E-state index contributed by atoms with van der Waals surface area (Å²) < 4.78 is 2.22. The molecule has 0 bridgehead atoms. The van der Waals surface area contributed by atoms with Gasteiger partial charge in [0.2, 0.25) is 0 Å². The molecule has 0 saturated carbocycles. The van der Waals surface area contributed by atoms with Crippen molar-refractivity contribution in [3.8, 4) is 0 Å². The minimum Gasteiger partial charge on any atom is -0.268 e. The minimum atomic E-state index is -0.516. The van der Waals surface area contributed by atoms with Crippen molar-refractivity contribution in [2.24, 2.45) is 0 Å². The van der Waals surface area contributed by atoms with Gasteiger partial charge in [-0.2, -0.15) is 0 Å². The van der Waals surface area contributed by atoms with E-state index in [1.807, 2.05) is 48.5 Å². The van der Waals surface area contributed by atoms with Gasteiger partial charge in [0.25, 0.3) is 0 Å². The molecule has 5 heteroatoms. The first kappa shape index (κ1) is 14.1. The minimum absolute atomic E-state index is 0.516. The average Bonchev–Trinajstić information content (AvgIpc) is 2.34. The third kappa shape index (κ3) is 3.36. The third-order valence-electron chi connectivity index (χ3n) is 2.35. The lowest BCUT2D eigenvalue weighted by Gasteiger charge is -2.20. The molecule has 0 aromatic heterocycles. The molecule has 0 spiro atoms. The number of carbonyl (C=O) groups is 1. The molecule has 0 saturated heterocycles. The molecule has 0 radical (unpaired) electrons. The van der Waals surface area contributed by atoms with Crippen LogP contribution >= 0.6 is 56.8 Å². The van der Waals surface area contributed by atoms with E-state index >= 15 is 0 Å². The monoisotopic (exact) mass is 483 g/mol. The first-order chi connectivity index (χ1) is 8.58. The molecule has 2 aromatic rings. The smallest absolute Gasteiger partial charge is 0.268 e. The predicted molar refractivity (Wildman–Crippen MR) is 91.7 cm³/mol. The molecule has 0 N–H and O–H groups in total. The molecule has 18 heavy (non-hydrogen) atoms. The van der Waals surface area contributed by atoms with Gasteiger partial charge in [-0.1, -0.05) is 0 Å². The zero-order chi connectivity index (χ0) is 13.1. The van der Waals surface area contributed by atoms with Gasteiger partial charge in [0.1, 0.15) is 0 Å². The highest BCUT2D eigenvalue weighted by Crippen LogP contribution is 2.28. The maximum absolute atomic E-state index is 11.6. The molecule has 0 atom stereocenters. The Hall–Kier alpha value is -0.340. The maximum Gasteiger partial charge on any atom is 0.325 e. The number of nitrogens with zero attached hydrogens (tertiary/aromatic N) is 1. The third-order valence-corrected chi connectivity index (χ3v) is 3.95. The lowest BCUT2D eigenvalue weighted by atomic mass is 10.2. The summed E-state index contributed by atoms with van der Waals surface area (Å²) in [5.41, 5.74) is 1.52. The summed E-state index contributed by atoms with van der Waals surface area (Å²) in [5.74, 6) is 0. The van der Waals surface area contributed by atoms with Gasteiger partial charge in [0.15, 0.2) is 0 Å². The van der Waals surface area contributed by atoms with Crippen LogP contribution in [0.15, 0.2) is 48.5 Å². The molecular weight excluding hydrogens is 475 g/mol. The molecule has 1 amide bonds. The highest BCUT2D eigenvalue weighted by molar-refractivity contribution is 14.1. The van der Waals surface area contributed by atoms with Crippen molar-refractivity contribution in [1.29, 1.82) is 0 Å². The van der Waals surface area contributed by atoms with Gasteiger partial charge in [-0.25, -0.2) is 0 Å². The maximum atomic E-state index is 11.6. The highest BCUT2D eigenvalue weighted by Gasteiger charge is 2.15. The van der Waals surface area contributed by atoms with Crippen LogP contribution < -0.4 is 4.90 Å². The quantitative estimate of drug-likeness (QED) is 0.319. The molecule has 2 rings (SSSR count). The summed E-state index contributed by atoms with van der Waals surface area (Å²) in [7, 11) is 0. The summed E-state index contributed by atoms with van der Waals surface area (Å²) in [4.78, 5) is 13.1. The molecule has 92 valence electrons. The molecule has 0 aliphatic carbocycles. The van der Waals surface area contributed by atoms with Gasteiger partial charge >= 0.3 is 5.37 Å². The van der Waals surface area contributed by atoms with Crippen LogP contribution in [0.5, 0.6) is 0 Å². The van der Waals surface area contributed by atoms with Gasteiger partial charge in [-0.15, -0.1) is 0 Å². The fourth-order valence-electron chi connectivity index (χ4n) is 1.53. The molecule has 0 aliphatic rings. The van der Waals surface area contributed by atoms with E-state index in [-0.39, 0.29) is 0 Å². The summed E-state index contributed by atoms with van der Waals surface area (Å²) in [5, 5.41) is -0.516. The Kier molecular flexibility index (Phi) is 4.85. The van der Waals surface area contributed by atoms with E-state index in [1.54, 1.807) is 0 Å². The molecule has 2 nitrogen and oxygen atoms in total. The Bertz CT molecular complexity index is 509. The standard InChI is InChI=1S/C13H8ClI2NO/c14-13(18)17(11-5-1-9(15)2-6-11)12-7-3-10(16)4-8-12/h1-8H. The SMILES string of the molecule is O=C(Cl)N(c1ccc(I)cc1)c1ccc(I)cc1. The second-order valence-corrected chi connectivity index (χ2v) is 6.36. The molecular formula is C13H8ClI2NO. The van der Waals surface area contributed by atoms with Crippen LogP contribution in [0.3, 0.4) is 0 Å². The summed E-state index contributed by atoms with van der Waals surface area (Å²) in [6.07, 6.45) is 0. The molecule has 0 unspecified atom stereocenters. The largest absolute Gasteiger partial charge is 0.325 e. The number of carbonyl (C=O) groups excluding carboxylic acids is 1. The predicted octanol–water partition coefficient (Wildman–Crippen LogP) is 5.39. The summed E-state index contributed by atoms with van der Waals surface area (Å²) in [6.45, 7) is 0. The lowest BCUT2D eigenvalue weighted by molar-refractivity contribution is 0.266. The summed E-state index contributed by atoms with van der Waals surface area (Å²) in [6, 6.07) is 15.3. The van der Waals surface area contributed by atoms with Crippen LogP contribution in [0, 0.1) is 7.14 Å². The van der Waals surface area contributed by atoms with E-state index in [4.69, 9.17) is 11.6 Å². The van der Waals surface area contributed by atoms with Crippen LogP contribution in [-0.2, 0) is 0 Å². The number of hydrogen-bond donors (Lipinski definition) is 0. The molecule has 0 heterocycles. The zero-order valence-corrected chi connectivity index (χ0v) is 14.2.